The van der Waals surface area contributed by atoms with Gasteiger partial charge in [-0.25, -0.2) is 0 Å². The van der Waals surface area contributed by atoms with Gasteiger partial charge >= 0.3 is 0 Å². The molecule has 0 bridgehead atoms. The van der Waals surface area contributed by atoms with Crippen molar-refractivity contribution >= 4 is 0 Å². The van der Waals surface area contributed by atoms with E-state index in [-0.39, 0.29) is 0 Å². The lowest BCUT2D eigenvalue weighted by Crippen LogP contribution is -3.11. The number of hydrogen-bond donors (Lipinski definition) is 2. The topological polar surface area (TPSA) is 35.3 Å². The van der Waals surface area contributed by atoms with Crippen LogP contribution >= 0.6 is 0 Å². The van der Waals surface area contributed by atoms with Crippen molar-refractivity contribution in [2.45, 2.75) is 13.1 Å². The molecular weight excluding hydrogens is 198 g/mol. The number of likely N-dealkylation sites (N-methyl/N-ethyl adjacent to an activating group) is 1. The molecule has 2 rings (SSSR count). The molecule has 1 aliphatic rings. The number of benzene rings is 1. The Hall–Kier alpha value is -0.900. The van der Waals surface area contributed by atoms with Crippen molar-refractivity contribution in [2.24, 2.45) is 0 Å². The molecule has 0 spiro atoms. The van der Waals surface area contributed by atoms with Gasteiger partial charge in [-0.15, -0.1) is 0 Å². The normalized spacial score (nSPS) is 18.9. The number of nitrogens with zero attached hydrogens (tertiary/aromatic N) is 1. The number of rotatable bonds is 3. The minimum absolute atomic E-state index is 0.890. The van der Waals surface area contributed by atoms with Crippen LogP contribution in [0.5, 0.6) is 0 Å². The Kier molecular flexibility index (Phi) is 3.93. The summed E-state index contributed by atoms with van der Waals surface area (Å²) in [6.07, 6.45) is 0. The zero-order valence-electron chi connectivity index (χ0n) is 10.2. The SMILES string of the molecule is C[NH+]1CCN(Cc2cccc(C[NH3+])c2)CC1. The third kappa shape index (κ3) is 3.04. The van der Waals surface area contributed by atoms with E-state index in [1.807, 2.05) is 0 Å². The molecule has 0 saturated carbocycles. The molecule has 0 aromatic heterocycles. The van der Waals surface area contributed by atoms with Gasteiger partial charge in [0, 0.05) is 25.2 Å². The van der Waals surface area contributed by atoms with Crippen molar-refractivity contribution in [3.05, 3.63) is 35.4 Å². The predicted molar refractivity (Wildman–Crippen MR) is 64.9 cm³/mol. The highest BCUT2D eigenvalue weighted by molar-refractivity contribution is 5.22. The van der Waals surface area contributed by atoms with Gasteiger partial charge in [-0.3, -0.25) is 4.90 Å². The van der Waals surface area contributed by atoms with E-state index in [1.165, 1.54) is 37.3 Å². The van der Waals surface area contributed by atoms with Crippen LogP contribution in [0.15, 0.2) is 24.3 Å². The van der Waals surface area contributed by atoms with Crippen LogP contribution in [0.3, 0.4) is 0 Å². The first-order valence-corrected chi connectivity index (χ1v) is 6.18. The molecule has 1 saturated heterocycles. The van der Waals surface area contributed by atoms with Crippen LogP contribution in [-0.2, 0) is 13.1 Å². The molecule has 0 aliphatic carbocycles. The summed E-state index contributed by atoms with van der Waals surface area (Å²) in [5.74, 6) is 0. The smallest absolute Gasteiger partial charge is 0.0997 e. The van der Waals surface area contributed by atoms with Crippen molar-refractivity contribution in [1.29, 1.82) is 0 Å². The zero-order chi connectivity index (χ0) is 11.4. The highest BCUT2D eigenvalue weighted by Gasteiger charge is 2.16. The van der Waals surface area contributed by atoms with Gasteiger partial charge < -0.3 is 10.6 Å². The van der Waals surface area contributed by atoms with Gasteiger partial charge in [0.25, 0.3) is 0 Å². The van der Waals surface area contributed by atoms with Crippen LogP contribution in [0.1, 0.15) is 11.1 Å². The average Bonchev–Trinajstić information content (AvgIpc) is 2.32. The molecular formula is C13H23N3+2. The monoisotopic (exact) mass is 221 g/mol. The Morgan fingerprint density at radius 1 is 1.25 bits per heavy atom. The highest BCUT2D eigenvalue weighted by atomic mass is 15.2. The van der Waals surface area contributed by atoms with Crippen LogP contribution in [-0.4, -0.2) is 38.1 Å². The molecule has 1 aromatic rings. The van der Waals surface area contributed by atoms with Gasteiger partial charge in [0.15, 0.2) is 0 Å². The van der Waals surface area contributed by atoms with E-state index in [9.17, 15) is 0 Å². The second-order valence-electron chi connectivity index (χ2n) is 4.80. The summed E-state index contributed by atoms with van der Waals surface area (Å²) < 4.78 is 0. The van der Waals surface area contributed by atoms with Gasteiger partial charge in [0.05, 0.1) is 26.7 Å². The van der Waals surface area contributed by atoms with Gasteiger partial charge in [-0.05, 0) is 11.6 Å². The number of hydrogen-bond acceptors (Lipinski definition) is 1. The summed E-state index contributed by atoms with van der Waals surface area (Å²) in [6, 6.07) is 8.82. The first-order valence-electron chi connectivity index (χ1n) is 6.18. The molecule has 88 valence electrons. The molecule has 0 atom stereocenters. The zero-order valence-corrected chi connectivity index (χ0v) is 10.2. The Labute approximate surface area is 97.8 Å². The fourth-order valence-corrected chi connectivity index (χ4v) is 2.23. The van der Waals surface area contributed by atoms with E-state index in [0.717, 1.165) is 13.1 Å². The molecule has 0 unspecified atom stereocenters. The fourth-order valence-electron chi connectivity index (χ4n) is 2.23. The first-order chi connectivity index (χ1) is 7.78. The predicted octanol–water partition coefficient (Wildman–Crippen LogP) is -1.24. The van der Waals surface area contributed by atoms with Crippen molar-refractivity contribution < 1.29 is 10.6 Å². The summed E-state index contributed by atoms with van der Waals surface area (Å²) in [7, 11) is 2.28. The maximum absolute atomic E-state index is 3.94. The number of quaternary nitrogens is 2. The summed E-state index contributed by atoms with van der Waals surface area (Å²) in [5, 5.41) is 0. The summed E-state index contributed by atoms with van der Waals surface area (Å²) in [4.78, 5) is 4.21. The van der Waals surface area contributed by atoms with E-state index in [4.69, 9.17) is 0 Å². The molecule has 4 N–H and O–H groups in total. The van der Waals surface area contributed by atoms with Gasteiger partial charge in [-0.1, -0.05) is 18.2 Å². The molecule has 0 radical (unpaired) electrons. The molecule has 16 heavy (non-hydrogen) atoms. The molecule has 1 aromatic carbocycles. The maximum Gasteiger partial charge on any atom is 0.0997 e. The van der Waals surface area contributed by atoms with Crippen molar-refractivity contribution in [1.82, 2.24) is 4.90 Å². The fraction of sp³-hybridized carbons (Fsp3) is 0.538. The highest BCUT2D eigenvalue weighted by Crippen LogP contribution is 2.07. The minimum Gasteiger partial charge on any atom is -0.354 e. The molecule has 1 fully saturated rings. The Morgan fingerprint density at radius 2 is 1.94 bits per heavy atom. The third-order valence-corrected chi connectivity index (χ3v) is 3.40. The van der Waals surface area contributed by atoms with Crippen LogP contribution in [0.25, 0.3) is 0 Å². The van der Waals surface area contributed by atoms with Crippen LogP contribution < -0.4 is 10.6 Å². The van der Waals surface area contributed by atoms with E-state index >= 15 is 0 Å². The van der Waals surface area contributed by atoms with E-state index in [0.29, 0.717) is 0 Å². The first kappa shape index (κ1) is 11.6. The standard InChI is InChI=1S/C13H21N3/c1-15-5-7-16(8-6-15)11-13-4-2-3-12(9-13)10-14/h2-4,9H,5-8,10-11,14H2,1H3/p+2. The third-order valence-electron chi connectivity index (χ3n) is 3.40. The second-order valence-corrected chi connectivity index (χ2v) is 4.80. The van der Waals surface area contributed by atoms with Gasteiger partial charge in [0.1, 0.15) is 0 Å². The lowest BCUT2D eigenvalue weighted by atomic mass is 10.1. The minimum atomic E-state index is 0.890. The van der Waals surface area contributed by atoms with Crippen molar-refractivity contribution in [3.63, 3.8) is 0 Å². The van der Waals surface area contributed by atoms with E-state index < -0.39 is 0 Å². The molecule has 0 amide bonds. The molecule has 3 nitrogen and oxygen atoms in total. The molecule has 1 heterocycles. The van der Waals surface area contributed by atoms with Crippen molar-refractivity contribution in [3.8, 4) is 0 Å². The van der Waals surface area contributed by atoms with Gasteiger partial charge in [0.2, 0.25) is 0 Å². The number of piperazine rings is 1. The van der Waals surface area contributed by atoms with Crippen LogP contribution in [0, 0.1) is 0 Å². The van der Waals surface area contributed by atoms with E-state index in [1.54, 1.807) is 4.90 Å². The van der Waals surface area contributed by atoms with Crippen LogP contribution in [0.2, 0.25) is 0 Å². The van der Waals surface area contributed by atoms with E-state index in [2.05, 4.69) is 41.9 Å². The quantitative estimate of drug-likeness (QED) is 0.658. The largest absolute Gasteiger partial charge is 0.354 e. The summed E-state index contributed by atoms with van der Waals surface area (Å²) in [6.45, 7) is 6.98. The Balaban J connectivity index is 1.93. The maximum atomic E-state index is 3.94. The van der Waals surface area contributed by atoms with Crippen LogP contribution in [0.4, 0.5) is 0 Å². The molecule has 3 heteroatoms. The Bertz CT molecular complexity index is 330. The van der Waals surface area contributed by atoms with Crippen molar-refractivity contribution in [2.75, 3.05) is 33.2 Å². The average molecular weight is 221 g/mol. The van der Waals surface area contributed by atoms with Gasteiger partial charge in [-0.2, -0.15) is 0 Å². The lowest BCUT2D eigenvalue weighted by Gasteiger charge is -2.30. The second kappa shape index (κ2) is 5.43. The number of nitrogens with one attached hydrogen (secondary N) is 1. The lowest BCUT2D eigenvalue weighted by molar-refractivity contribution is -0.884. The molecule has 1 aliphatic heterocycles. The summed E-state index contributed by atoms with van der Waals surface area (Å²) >= 11 is 0. The Morgan fingerprint density at radius 3 is 2.62 bits per heavy atom. The summed E-state index contributed by atoms with van der Waals surface area (Å²) in [5.41, 5.74) is 6.71.